The van der Waals surface area contributed by atoms with Gasteiger partial charge in [-0.2, -0.15) is 0 Å². The summed E-state index contributed by atoms with van der Waals surface area (Å²) in [4.78, 5) is 39.7. The van der Waals surface area contributed by atoms with Crippen molar-refractivity contribution in [2.75, 3.05) is 31.1 Å². The normalized spacial score (nSPS) is 17.0. The minimum absolute atomic E-state index is 0.00103. The first-order valence-corrected chi connectivity index (χ1v) is 7.98. The van der Waals surface area contributed by atoms with Gasteiger partial charge < -0.3 is 9.64 Å². The second-order valence-corrected chi connectivity index (χ2v) is 5.82. The van der Waals surface area contributed by atoms with E-state index in [0.717, 1.165) is 25.9 Å². The van der Waals surface area contributed by atoms with E-state index < -0.39 is 0 Å². The van der Waals surface area contributed by atoms with Crippen molar-refractivity contribution < 1.29 is 19.1 Å². The van der Waals surface area contributed by atoms with Crippen molar-refractivity contribution in [3.63, 3.8) is 0 Å². The fourth-order valence-electron chi connectivity index (χ4n) is 2.95. The summed E-state index contributed by atoms with van der Waals surface area (Å²) in [6.07, 6.45) is 2.41. The largest absolute Gasteiger partial charge is 0.482 e. The lowest BCUT2D eigenvalue weighted by molar-refractivity contribution is -0.131. The monoisotopic (exact) mass is 316 g/mol. The number of likely N-dealkylation sites (tertiary alicyclic amines) is 1. The van der Waals surface area contributed by atoms with Gasteiger partial charge in [0.15, 0.2) is 12.4 Å². The molecular formula is C17H20N2O4. The van der Waals surface area contributed by atoms with E-state index in [2.05, 4.69) is 0 Å². The van der Waals surface area contributed by atoms with E-state index in [1.807, 2.05) is 0 Å². The Bertz CT molecular complexity index is 650. The van der Waals surface area contributed by atoms with Gasteiger partial charge in [0.05, 0.1) is 5.69 Å². The number of hydrogen-bond acceptors (Lipinski definition) is 4. The predicted octanol–water partition coefficient (Wildman–Crippen LogP) is 1.63. The maximum absolute atomic E-state index is 12.4. The summed E-state index contributed by atoms with van der Waals surface area (Å²) in [5.74, 6) is 0.213. The van der Waals surface area contributed by atoms with E-state index in [4.69, 9.17) is 4.74 Å². The van der Waals surface area contributed by atoms with Gasteiger partial charge in [0.25, 0.3) is 5.91 Å². The standard InChI is InChI=1S/C17H20N2O4/c1-2-14(20)12-5-6-15-13(9-12)19(17(22)11-23-15)10-16(21)18-7-3-4-8-18/h5-6,9H,2-4,7-8,10-11H2,1H3. The van der Waals surface area contributed by atoms with Gasteiger partial charge in [0.1, 0.15) is 12.3 Å². The van der Waals surface area contributed by atoms with Crippen LogP contribution in [0.5, 0.6) is 5.75 Å². The van der Waals surface area contributed by atoms with Crippen LogP contribution in [0.2, 0.25) is 0 Å². The van der Waals surface area contributed by atoms with E-state index in [1.165, 1.54) is 4.90 Å². The van der Waals surface area contributed by atoms with Gasteiger partial charge >= 0.3 is 0 Å². The number of ketones is 1. The molecule has 0 atom stereocenters. The number of anilines is 1. The summed E-state index contributed by atoms with van der Waals surface area (Å²) in [6.45, 7) is 3.20. The van der Waals surface area contributed by atoms with Crippen LogP contribution in [0.15, 0.2) is 18.2 Å². The Balaban J connectivity index is 1.87. The molecule has 1 fully saturated rings. The van der Waals surface area contributed by atoms with Gasteiger partial charge in [-0.25, -0.2) is 0 Å². The molecule has 2 heterocycles. The lowest BCUT2D eigenvalue weighted by Crippen LogP contribution is -2.45. The highest BCUT2D eigenvalue weighted by Crippen LogP contribution is 2.33. The molecule has 2 aliphatic rings. The third-order valence-electron chi connectivity index (χ3n) is 4.30. The molecule has 1 aromatic carbocycles. The molecule has 0 bridgehead atoms. The number of benzene rings is 1. The maximum atomic E-state index is 12.4. The molecule has 0 aromatic heterocycles. The molecule has 0 saturated carbocycles. The summed E-state index contributed by atoms with van der Waals surface area (Å²) in [7, 11) is 0. The molecule has 0 unspecified atom stereocenters. The van der Waals surface area contributed by atoms with Crippen LogP contribution in [0.1, 0.15) is 36.5 Å². The Kier molecular flexibility index (Phi) is 4.32. The number of rotatable bonds is 4. The number of carbonyl (C=O) groups is 3. The highest BCUT2D eigenvalue weighted by molar-refractivity contribution is 6.04. The number of nitrogens with zero attached hydrogens (tertiary/aromatic N) is 2. The van der Waals surface area contributed by atoms with Crippen molar-refractivity contribution in [2.45, 2.75) is 26.2 Å². The van der Waals surface area contributed by atoms with Gasteiger partial charge in [0.2, 0.25) is 5.91 Å². The molecule has 3 rings (SSSR count). The van der Waals surface area contributed by atoms with Gasteiger partial charge in [-0.05, 0) is 31.0 Å². The lowest BCUT2D eigenvalue weighted by atomic mass is 10.1. The number of Topliss-reactive ketones (excluding diaryl/α,β-unsaturated/α-hetero) is 1. The Hall–Kier alpha value is -2.37. The molecule has 0 spiro atoms. The van der Waals surface area contributed by atoms with Crippen LogP contribution < -0.4 is 9.64 Å². The van der Waals surface area contributed by atoms with Crippen LogP contribution >= 0.6 is 0 Å². The van der Waals surface area contributed by atoms with Crippen molar-refractivity contribution in [3.8, 4) is 5.75 Å². The molecule has 6 heteroatoms. The Morgan fingerprint density at radius 3 is 2.65 bits per heavy atom. The molecule has 1 saturated heterocycles. The summed E-state index contributed by atoms with van der Waals surface area (Å²) in [5.41, 5.74) is 1.04. The van der Waals surface area contributed by atoms with Crippen molar-refractivity contribution in [1.82, 2.24) is 4.90 Å². The Labute approximate surface area is 135 Å². The minimum atomic E-state index is -0.258. The second kappa shape index (κ2) is 6.40. The quantitative estimate of drug-likeness (QED) is 0.792. The molecule has 2 aliphatic heterocycles. The summed E-state index contributed by atoms with van der Waals surface area (Å²) >= 11 is 0. The van der Waals surface area contributed by atoms with Crippen LogP contribution in [0.25, 0.3) is 0 Å². The number of hydrogen-bond donors (Lipinski definition) is 0. The van der Waals surface area contributed by atoms with E-state index >= 15 is 0 Å². The zero-order chi connectivity index (χ0) is 16.4. The molecule has 2 amide bonds. The summed E-state index contributed by atoms with van der Waals surface area (Å²) in [6, 6.07) is 5.04. The number of ether oxygens (including phenoxy) is 1. The van der Waals surface area contributed by atoms with Crippen LogP contribution in [0.3, 0.4) is 0 Å². The topological polar surface area (TPSA) is 66.9 Å². The highest BCUT2D eigenvalue weighted by atomic mass is 16.5. The van der Waals surface area contributed by atoms with Crippen molar-refractivity contribution >= 4 is 23.3 Å². The second-order valence-electron chi connectivity index (χ2n) is 5.82. The van der Waals surface area contributed by atoms with E-state index in [1.54, 1.807) is 30.0 Å². The van der Waals surface area contributed by atoms with Gasteiger partial charge in [-0.3, -0.25) is 19.3 Å². The van der Waals surface area contributed by atoms with Crippen LogP contribution in [0.4, 0.5) is 5.69 Å². The van der Waals surface area contributed by atoms with Crippen LogP contribution in [-0.2, 0) is 9.59 Å². The van der Waals surface area contributed by atoms with E-state index in [9.17, 15) is 14.4 Å². The summed E-state index contributed by atoms with van der Waals surface area (Å²) in [5, 5.41) is 0. The minimum Gasteiger partial charge on any atom is -0.482 e. The first-order valence-electron chi connectivity index (χ1n) is 7.98. The predicted molar refractivity (Wildman–Crippen MR) is 84.7 cm³/mol. The van der Waals surface area contributed by atoms with Crippen molar-refractivity contribution in [3.05, 3.63) is 23.8 Å². The third-order valence-corrected chi connectivity index (χ3v) is 4.30. The third kappa shape index (κ3) is 3.06. The average Bonchev–Trinajstić information content (AvgIpc) is 3.11. The SMILES string of the molecule is CCC(=O)c1ccc2c(c1)N(CC(=O)N1CCCC1)C(=O)CO2. The zero-order valence-corrected chi connectivity index (χ0v) is 13.2. The zero-order valence-electron chi connectivity index (χ0n) is 13.2. The fraction of sp³-hybridized carbons (Fsp3) is 0.471. The first kappa shape index (κ1) is 15.5. The molecule has 122 valence electrons. The van der Waals surface area contributed by atoms with Crippen molar-refractivity contribution in [2.24, 2.45) is 0 Å². The number of carbonyl (C=O) groups excluding carboxylic acids is 3. The summed E-state index contributed by atoms with van der Waals surface area (Å²) < 4.78 is 5.41. The first-order chi connectivity index (χ1) is 11.1. The fourth-order valence-corrected chi connectivity index (χ4v) is 2.95. The molecule has 1 aromatic rings. The Morgan fingerprint density at radius 1 is 1.22 bits per heavy atom. The lowest BCUT2D eigenvalue weighted by Gasteiger charge is -2.30. The maximum Gasteiger partial charge on any atom is 0.265 e. The Morgan fingerprint density at radius 2 is 1.96 bits per heavy atom. The molecular weight excluding hydrogens is 296 g/mol. The molecule has 0 radical (unpaired) electrons. The van der Waals surface area contributed by atoms with E-state index in [-0.39, 0.29) is 30.7 Å². The molecule has 0 aliphatic carbocycles. The van der Waals surface area contributed by atoms with Crippen LogP contribution in [-0.4, -0.2) is 48.7 Å². The highest BCUT2D eigenvalue weighted by Gasteiger charge is 2.30. The van der Waals surface area contributed by atoms with Gasteiger partial charge in [-0.15, -0.1) is 0 Å². The van der Waals surface area contributed by atoms with Gasteiger partial charge in [-0.1, -0.05) is 6.92 Å². The van der Waals surface area contributed by atoms with Gasteiger partial charge in [0, 0.05) is 25.1 Å². The average molecular weight is 316 g/mol. The smallest absolute Gasteiger partial charge is 0.265 e. The number of fused-ring (bicyclic) bond motifs is 1. The van der Waals surface area contributed by atoms with Crippen LogP contribution in [0, 0.1) is 0 Å². The molecule has 0 N–H and O–H groups in total. The molecule has 6 nitrogen and oxygen atoms in total. The number of amides is 2. The molecule has 23 heavy (non-hydrogen) atoms. The van der Waals surface area contributed by atoms with Crippen molar-refractivity contribution in [1.29, 1.82) is 0 Å². The van der Waals surface area contributed by atoms with E-state index in [0.29, 0.717) is 23.4 Å².